The van der Waals surface area contributed by atoms with Crippen LogP contribution in [0.5, 0.6) is 0 Å². The monoisotopic (exact) mass is 462 g/mol. The molecule has 0 aliphatic carbocycles. The zero-order valence-electron chi connectivity index (χ0n) is 20.5. The molecule has 180 valence electrons. The largest absolute Gasteiger partial charge is 0.500 e. The maximum absolute atomic E-state index is 5.68. The van der Waals surface area contributed by atoms with Crippen molar-refractivity contribution in [3.8, 4) is 0 Å². The molecule has 0 unspecified atom stereocenters. The second-order valence-electron chi connectivity index (χ2n) is 8.32. The summed E-state index contributed by atoms with van der Waals surface area (Å²) in [5.74, 6) is 0. The normalized spacial score (nSPS) is 11.7. The lowest BCUT2D eigenvalue weighted by molar-refractivity contribution is 0.121. The van der Waals surface area contributed by atoms with Gasteiger partial charge in [-0.2, -0.15) is 0 Å². The van der Waals surface area contributed by atoms with Crippen molar-refractivity contribution in [1.29, 1.82) is 0 Å². The fourth-order valence-electron chi connectivity index (χ4n) is 3.74. The molecular weight excluding hydrogens is 412 g/mol. The molecule has 0 aromatic rings. The molecule has 0 radical (unpaired) electrons. The van der Waals surface area contributed by atoms with Crippen molar-refractivity contribution in [2.45, 2.75) is 122 Å². The highest BCUT2D eigenvalue weighted by atomic mass is 32.1. The third-order valence-corrected chi connectivity index (χ3v) is 8.96. The van der Waals surface area contributed by atoms with Crippen molar-refractivity contribution in [1.82, 2.24) is 0 Å². The van der Waals surface area contributed by atoms with Crippen molar-refractivity contribution >= 4 is 26.1 Å². The van der Waals surface area contributed by atoms with Crippen molar-refractivity contribution in [3.05, 3.63) is 0 Å². The molecule has 30 heavy (non-hydrogen) atoms. The Hall–Kier alpha value is -0.0131. The van der Waals surface area contributed by atoms with E-state index in [1.807, 2.05) is 0 Å². The van der Waals surface area contributed by atoms with Gasteiger partial charge in [0.1, 0.15) is 0 Å². The molecule has 6 heteroatoms. The summed E-state index contributed by atoms with van der Waals surface area (Å²) in [6, 6.07) is 0.748. The summed E-state index contributed by atoms with van der Waals surface area (Å²) in [4.78, 5) is 0. The van der Waals surface area contributed by atoms with E-state index in [0.717, 1.165) is 30.4 Å². The van der Waals surface area contributed by atoms with E-state index < -0.39 is 8.80 Å². The minimum atomic E-state index is -2.48. The Labute approximate surface area is 194 Å². The minimum absolute atomic E-state index is 0.613. The van der Waals surface area contributed by atoms with Crippen molar-refractivity contribution in [2.75, 3.05) is 27.9 Å². The van der Waals surface area contributed by atoms with E-state index in [4.69, 9.17) is 30.2 Å². The van der Waals surface area contributed by atoms with Gasteiger partial charge in [-0.05, 0) is 25.1 Å². The van der Waals surface area contributed by atoms with Crippen molar-refractivity contribution in [3.63, 3.8) is 0 Å². The first-order chi connectivity index (χ1) is 14.6. The van der Waals surface area contributed by atoms with Gasteiger partial charge in [0.15, 0.2) is 5.05 Å². The Balaban J connectivity index is 3.34. The molecular formula is C24H50O4SSi. The van der Waals surface area contributed by atoms with Crippen LogP contribution in [0.25, 0.3) is 0 Å². The average molecular weight is 463 g/mol. The third kappa shape index (κ3) is 17.6. The molecule has 4 nitrogen and oxygen atoms in total. The lowest BCUT2D eigenvalue weighted by Gasteiger charge is -2.24. The van der Waals surface area contributed by atoms with Crippen molar-refractivity contribution < 1.29 is 18.0 Å². The van der Waals surface area contributed by atoms with Gasteiger partial charge in [-0.1, -0.05) is 96.8 Å². The fourth-order valence-corrected chi connectivity index (χ4v) is 5.66. The van der Waals surface area contributed by atoms with Gasteiger partial charge >= 0.3 is 8.80 Å². The van der Waals surface area contributed by atoms with Gasteiger partial charge in [0.2, 0.25) is 0 Å². The number of hydrogen-bond acceptors (Lipinski definition) is 5. The summed E-state index contributed by atoms with van der Waals surface area (Å²) in [5.41, 5.74) is 0. The van der Waals surface area contributed by atoms with E-state index in [2.05, 4.69) is 6.92 Å². The summed E-state index contributed by atoms with van der Waals surface area (Å²) in [6.07, 6.45) is 22.5. The van der Waals surface area contributed by atoms with Crippen LogP contribution in [0.1, 0.15) is 116 Å². The molecule has 0 amide bonds. The highest BCUT2D eigenvalue weighted by molar-refractivity contribution is 7.80. The molecule has 0 rings (SSSR count). The van der Waals surface area contributed by atoms with Crippen molar-refractivity contribution in [2.24, 2.45) is 0 Å². The van der Waals surface area contributed by atoms with E-state index in [9.17, 15) is 0 Å². The SMILES string of the molecule is CCCCCCCCCCCCCCCCCC(=S)OCCC[Si](OC)(OC)OC. The van der Waals surface area contributed by atoms with Gasteiger partial charge in [-0.15, -0.1) is 0 Å². The molecule has 0 saturated heterocycles. The molecule has 0 aromatic heterocycles. The van der Waals surface area contributed by atoms with Crippen LogP contribution in [-0.2, 0) is 18.0 Å². The van der Waals surface area contributed by atoms with Gasteiger partial charge in [-0.25, -0.2) is 0 Å². The Bertz CT molecular complexity index is 370. The topological polar surface area (TPSA) is 36.9 Å². The number of hydrogen-bond donors (Lipinski definition) is 0. The van der Waals surface area contributed by atoms with Gasteiger partial charge in [-0.3, -0.25) is 0 Å². The minimum Gasteiger partial charge on any atom is -0.487 e. The van der Waals surface area contributed by atoms with Crippen LogP contribution in [0, 0.1) is 0 Å². The zero-order valence-corrected chi connectivity index (χ0v) is 22.3. The van der Waals surface area contributed by atoms with Gasteiger partial charge in [0.25, 0.3) is 0 Å². The Morgan fingerprint density at radius 1 is 0.600 bits per heavy atom. The van der Waals surface area contributed by atoms with E-state index >= 15 is 0 Å². The van der Waals surface area contributed by atoms with E-state index in [1.54, 1.807) is 21.3 Å². The van der Waals surface area contributed by atoms with Crippen LogP contribution in [0.15, 0.2) is 0 Å². The third-order valence-electron chi connectivity index (χ3n) is 5.81. The smallest absolute Gasteiger partial charge is 0.487 e. The molecule has 0 aliphatic rings. The fraction of sp³-hybridized carbons (Fsp3) is 0.958. The molecule has 0 saturated carbocycles. The summed E-state index contributed by atoms with van der Waals surface area (Å²) in [5, 5.41) is 0.740. The lowest BCUT2D eigenvalue weighted by atomic mass is 10.0. The average Bonchev–Trinajstić information content (AvgIpc) is 2.77. The predicted molar refractivity (Wildman–Crippen MR) is 134 cm³/mol. The van der Waals surface area contributed by atoms with Crippen LogP contribution in [-0.4, -0.2) is 41.8 Å². The second-order valence-corrected chi connectivity index (χ2v) is 11.9. The number of rotatable bonds is 23. The number of unbranched alkanes of at least 4 members (excludes halogenated alkanes) is 14. The van der Waals surface area contributed by atoms with E-state index in [-0.39, 0.29) is 0 Å². The molecule has 0 atom stereocenters. The lowest BCUT2D eigenvalue weighted by Crippen LogP contribution is -2.42. The highest BCUT2D eigenvalue weighted by Gasteiger charge is 2.36. The van der Waals surface area contributed by atoms with Gasteiger partial charge in [0.05, 0.1) is 6.61 Å². The summed E-state index contributed by atoms with van der Waals surface area (Å²) < 4.78 is 21.9. The van der Waals surface area contributed by atoms with Crippen LogP contribution in [0.2, 0.25) is 6.04 Å². The zero-order chi connectivity index (χ0) is 22.3. The second kappa shape index (κ2) is 22.2. The van der Waals surface area contributed by atoms with Crippen LogP contribution < -0.4 is 0 Å². The standard InChI is InChI=1S/C24H50O4SSi/c1-5-6-7-8-9-10-11-12-13-14-15-16-17-18-19-21-24(29)28-22-20-23-30(25-2,26-3)27-4/h5-23H2,1-4H3. The first-order valence-corrected chi connectivity index (χ1v) is 14.8. The number of ether oxygens (including phenoxy) is 1. The quantitative estimate of drug-likeness (QED) is 0.0877. The molecule has 0 bridgehead atoms. The molecule has 0 aliphatic heterocycles. The Morgan fingerprint density at radius 3 is 1.40 bits per heavy atom. The summed E-state index contributed by atoms with van der Waals surface area (Å²) >= 11 is 5.34. The first-order valence-electron chi connectivity index (χ1n) is 12.4. The Kier molecular flexibility index (Phi) is 22.2. The van der Waals surface area contributed by atoms with E-state index in [1.165, 1.54) is 89.9 Å². The van der Waals surface area contributed by atoms with E-state index in [0.29, 0.717) is 6.61 Å². The van der Waals surface area contributed by atoms with Gasteiger partial charge < -0.3 is 18.0 Å². The number of thiocarbonyl (C=S) groups is 1. The maximum Gasteiger partial charge on any atom is 0.500 e. The summed E-state index contributed by atoms with van der Waals surface area (Å²) in [7, 11) is 2.44. The molecule has 0 aromatic carbocycles. The summed E-state index contributed by atoms with van der Waals surface area (Å²) in [6.45, 7) is 2.90. The molecule has 0 N–H and O–H groups in total. The van der Waals surface area contributed by atoms with Crippen LogP contribution >= 0.6 is 12.2 Å². The highest BCUT2D eigenvalue weighted by Crippen LogP contribution is 2.16. The van der Waals surface area contributed by atoms with Crippen LogP contribution in [0.3, 0.4) is 0 Å². The molecule has 0 heterocycles. The van der Waals surface area contributed by atoms with Gasteiger partial charge in [0, 0.05) is 33.8 Å². The van der Waals surface area contributed by atoms with Crippen LogP contribution in [0.4, 0.5) is 0 Å². The molecule has 0 spiro atoms. The predicted octanol–water partition coefficient (Wildman–Crippen LogP) is 7.86. The maximum atomic E-state index is 5.68. The molecule has 0 fully saturated rings. The first kappa shape index (κ1) is 30.0. The Morgan fingerprint density at radius 2 is 1.00 bits per heavy atom.